The molecule has 0 saturated heterocycles. The second-order valence-electron chi connectivity index (χ2n) is 5.09. The second kappa shape index (κ2) is 4.99. The first kappa shape index (κ1) is 12.7. The zero-order chi connectivity index (χ0) is 13.4. The van der Waals surface area contributed by atoms with Crippen LogP contribution in [0, 0.1) is 13.8 Å². The van der Waals surface area contributed by atoms with Crippen molar-refractivity contribution in [3.8, 4) is 5.75 Å². The van der Waals surface area contributed by atoms with Gasteiger partial charge in [-0.15, -0.1) is 11.3 Å². The summed E-state index contributed by atoms with van der Waals surface area (Å²) in [5.41, 5.74) is 4.04. The van der Waals surface area contributed by atoms with E-state index < -0.39 is 0 Å². The first-order valence-corrected chi connectivity index (χ1v) is 7.50. The van der Waals surface area contributed by atoms with Gasteiger partial charge in [-0.1, -0.05) is 12.1 Å². The molecule has 100 valence electrons. The van der Waals surface area contributed by atoms with E-state index in [0.29, 0.717) is 0 Å². The largest absolute Gasteiger partial charge is 0.493 e. The summed E-state index contributed by atoms with van der Waals surface area (Å²) in [5, 5.41) is 3.45. The summed E-state index contributed by atoms with van der Waals surface area (Å²) in [5.74, 6) is 1.05. The van der Waals surface area contributed by atoms with Gasteiger partial charge in [-0.3, -0.25) is 0 Å². The maximum Gasteiger partial charge on any atom is 0.122 e. The molecule has 0 bridgehead atoms. The summed E-state index contributed by atoms with van der Waals surface area (Å²) in [7, 11) is 2.03. The van der Waals surface area contributed by atoms with Crippen LogP contribution in [0.25, 0.3) is 0 Å². The van der Waals surface area contributed by atoms with E-state index >= 15 is 0 Å². The van der Waals surface area contributed by atoms with E-state index in [0.717, 1.165) is 18.8 Å². The highest BCUT2D eigenvalue weighted by Gasteiger charge is 2.19. The van der Waals surface area contributed by atoms with Crippen molar-refractivity contribution in [2.24, 2.45) is 0 Å². The third-order valence-electron chi connectivity index (χ3n) is 3.68. The number of hydrogen-bond acceptors (Lipinski definition) is 3. The Hall–Kier alpha value is -1.32. The molecule has 0 aliphatic carbocycles. The molecule has 0 fully saturated rings. The lowest BCUT2D eigenvalue weighted by molar-refractivity contribution is 0.357. The molecule has 3 heteroatoms. The first-order chi connectivity index (χ1) is 9.19. The van der Waals surface area contributed by atoms with E-state index in [1.54, 1.807) is 0 Å². The molecule has 0 spiro atoms. The number of rotatable bonds is 3. The molecule has 1 atom stereocenters. The van der Waals surface area contributed by atoms with Crippen LogP contribution in [0.5, 0.6) is 5.75 Å². The fraction of sp³-hybridized carbons (Fsp3) is 0.375. The van der Waals surface area contributed by atoms with Gasteiger partial charge < -0.3 is 10.1 Å². The van der Waals surface area contributed by atoms with Gasteiger partial charge in [0.15, 0.2) is 0 Å². The number of thiophene rings is 1. The highest BCUT2D eigenvalue weighted by atomic mass is 32.1. The van der Waals surface area contributed by atoms with Crippen LogP contribution < -0.4 is 10.1 Å². The van der Waals surface area contributed by atoms with Crippen LogP contribution in [-0.2, 0) is 6.42 Å². The van der Waals surface area contributed by atoms with Gasteiger partial charge in [-0.05, 0) is 49.7 Å². The van der Waals surface area contributed by atoms with Crippen LogP contribution in [-0.4, -0.2) is 13.7 Å². The molecule has 1 unspecified atom stereocenters. The molecular formula is C16H19NOS. The predicted molar refractivity (Wildman–Crippen MR) is 80.3 cm³/mol. The molecule has 1 N–H and O–H groups in total. The van der Waals surface area contributed by atoms with Gasteiger partial charge in [0.1, 0.15) is 5.75 Å². The Labute approximate surface area is 118 Å². The first-order valence-electron chi connectivity index (χ1n) is 6.69. The van der Waals surface area contributed by atoms with Gasteiger partial charge in [0.05, 0.1) is 12.6 Å². The number of hydrogen-bond donors (Lipinski definition) is 1. The molecule has 1 aliphatic heterocycles. The minimum Gasteiger partial charge on any atom is -0.493 e. The number of aryl methyl sites for hydroxylation is 2. The summed E-state index contributed by atoms with van der Waals surface area (Å²) in [6.45, 7) is 5.18. The van der Waals surface area contributed by atoms with Gasteiger partial charge in [-0.25, -0.2) is 0 Å². The quantitative estimate of drug-likeness (QED) is 0.922. The fourth-order valence-corrected chi connectivity index (χ4v) is 3.96. The van der Waals surface area contributed by atoms with Gasteiger partial charge in [0.25, 0.3) is 0 Å². The standard InChI is InChI=1S/C16H19NOS/c1-10-8-11(2)19-16(10)15(17-3)13-4-5-14-12(9-13)6-7-18-14/h4-5,8-9,15,17H,6-7H2,1-3H3. The number of fused-ring (bicyclic) bond motifs is 1. The molecule has 1 aromatic heterocycles. The molecule has 3 rings (SSSR count). The number of benzene rings is 1. The van der Waals surface area contributed by atoms with Crippen molar-refractivity contribution in [2.75, 3.05) is 13.7 Å². The summed E-state index contributed by atoms with van der Waals surface area (Å²) < 4.78 is 5.58. The summed E-state index contributed by atoms with van der Waals surface area (Å²) >= 11 is 1.88. The zero-order valence-corrected chi connectivity index (χ0v) is 12.4. The van der Waals surface area contributed by atoms with E-state index in [1.807, 2.05) is 18.4 Å². The average molecular weight is 273 g/mol. The Bertz CT molecular complexity index is 603. The normalized spacial score (nSPS) is 15.1. The van der Waals surface area contributed by atoms with Gasteiger partial charge >= 0.3 is 0 Å². The smallest absolute Gasteiger partial charge is 0.122 e. The second-order valence-corrected chi connectivity index (χ2v) is 6.38. The summed E-state index contributed by atoms with van der Waals surface area (Å²) in [6.07, 6.45) is 1.03. The lowest BCUT2D eigenvalue weighted by Gasteiger charge is -2.17. The van der Waals surface area contributed by atoms with Gasteiger partial charge in [-0.2, -0.15) is 0 Å². The van der Waals surface area contributed by atoms with E-state index in [4.69, 9.17) is 4.74 Å². The molecule has 2 aromatic rings. The maximum absolute atomic E-state index is 5.58. The minimum absolute atomic E-state index is 0.282. The third kappa shape index (κ3) is 2.28. The molecule has 19 heavy (non-hydrogen) atoms. The Balaban J connectivity index is 2.00. The lowest BCUT2D eigenvalue weighted by Crippen LogP contribution is -2.17. The van der Waals surface area contributed by atoms with Crippen LogP contribution in [0.4, 0.5) is 0 Å². The Morgan fingerprint density at radius 2 is 2.11 bits per heavy atom. The summed E-state index contributed by atoms with van der Waals surface area (Å²) in [6, 6.07) is 9.13. The van der Waals surface area contributed by atoms with E-state index in [2.05, 4.69) is 43.4 Å². The molecular weight excluding hydrogens is 254 g/mol. The van der Waals surface area contributed by atoms with Crippen LogP contribution in [0.3, 0.4) is 0 Å². The van der Waals surface area contributed by atoms with E-state index in [-0.39, 0.29) is 6.04 Å². The Morgan fingerprint density at radius 3 is 2.79 bits per heavy atom. The van der Waals surface area contributed by atoms with Crippen molar-refractivity contribution in [1.29, 1.82) is 0 Å². The number of nitrogens with one attached hydrogen (secondary N) is 1. The Kier molecular flexibility index (Phi) is 3.33. The van der Waals surface area contributed by atoms with Crippen LogP contribution in [0.1, 0.15) is 32.5 Å². The minimum atomic E-state index is 0.282. The van der Waals surface area contributed by atoms with Crippen molar-refractivity contribution in [2.45, 2.75) is 26.3 Å². The van der Waals surface area contributed by atoms with Gasteiger partial charge in [0, 0.05) is 16.2 Å². The molecule has 0 radical (unpaired) electrons. The van der Waals surface area contributed by atoms with Crippen LogP contribution >= 0.6 is 11.3 Å². The summed E-state index contributed by atoms with van der Waals surface area (Å²) in [4.78, 5) is 2.79. The monoisotopic (exact) mass is 273 g/mol. The SMILES string of the molecule is CNC(c1ccc2c(c1)CCO2)c1sc(C)cc1C. The molecule has 1 aliphatic rings. The number of ether oxygens (including phenoxy) is 1. The maximum atomic E-state index is 5.58. The van der Waals surface area contributed by atoms with E-state index in [9.17, 15) is 0 Å². The van der Waals surface area contributed by atoms with E-state index in [1.165, 1.54) is 26.4 Å². The Morgan fingerprint density at radius 1 is 1.26 bits per heavy atom. The molecule has 0 amide bonds. The van der Waals surface area contributed by atoms with Crippen LogP contribution in [0.2, 0.25) is 0 Å². The zero-order valence-electron chi connectivity index (χ0n) is 11.6. The average Bonchev–Trinajstić information content (AvgIpc) is 2.97. The topological polar surface area (TPSA) is 21.3 Å². The van der Waals surface area contributed by atoms with Crippen molar-refractivity contribution in [3.63, 3.8) is 0 Å². The molecule has 2 heterocycles. The van der Waals surface area contributed by atoms with Crippen LogP contribution in [0.15, 0.2) is 24.3 Å². The predicted octanol–water partition coefficient (Wildman–Crippen LogP) is 3.61. The molecule has 1 aromatic carbocycles. The highest BCUT2D eigenvalue weighted by molar-refractivity contribution is 7.12. The van der Waals surface area contributed by atoms with Gasteiger partial charge in [0.2, 0.25) is 0 Å². The molecule has 0 saturated carbocycles. The van der Waals surface area contributed by atoms with Crippen molar-refractivity contribution >= 4 is 11.3 Å². The lowest BCUT2D eigenvalue weighted by atomic mass is 10.00. The van der Waals surface area contributed by atoms with Crippen molar-refractivity contribution < 1.29 is 4.74 Å². The van der Waals surface area contributed by atoms with Crippen molar-refractivity contribution in [1.82, 2.24) is 5.32 Å². The third-order valence-corrected chi connectivity index (χ3v) is 4.89. The molecule has 2 nitrogen and oxygen atoms in total. The van der Waals surface area contributed by atoms with Crippen molar-refractivity contribution in [3.05, 3.63) is 50.7 Å². The fourth-order valence-electron chi connectivity index (χ4n) is 2.78. The highest BCUT2D eigenvalue weighted by Crippen LogP contribution is 2.34.